The first-order valence-corrected chi connectivity index (χ1v) is 5.24. The fraction of sp³-hybridized carbons (Fsp3) is 0.154. The molecule has 18 heavy (non-hydrogen) atoms. The molecular weight excluding hydrogens is 240 g/mol. The van der Waals surface area contributed by atoms with Crippen LogP contribution in [0.25, 0.3) is 0 Å². The molecule has 3 nitrogen and oxygen atoms in total. The summed E-state index contributed by atoms with van der Waals surface area (Å²) in [6, 6.07) is 4.81. The predicted octanol–water partition coefficient (Wildman–Crippen LogP) is 2.45. The first kappa shape index (κ1) is 12.4. The van der Waals surface area contributed by atoms with Crippen LogP contribution in [0.2, 0.25) is 0 Å². The van der Waals surface area contributed by atoms with E-state index in [0.29, 0.717) is 11.3 Å². The molecule has 0 aliphatic carbocycles. The van der Waals surface area contributed by atoms with Gasteiger partial charge in [0.1, 0.15) is 11.9 Å². The van der Waals surface area contributed by atoms with Gasteiger partial charge < -0.3 is 9.84 Å². The highest BCUT2D eigenvalue weighted by Crippen LogP contribution is 2.29. The lowest BCUT2D eigenvalue weighted by molar-refractivity contribution is 0.213. The van der Waals surface area contributed by atoms with Crippen LogP contribution in [-0.2, 0) is 0 Å². The smallest absolute Gasteiger partial charge is 0.159 e. The van der Waals surface area contributed by atoms with Gasteiger partial charge in [-0.3, -0.25) is 4.98 Å². The van der Waals surface area contributed by atoms with Crippen LogP contribution in [0.3, 0.4) is 0 Å². The van der Waals surface area contributed by atoms with Crippen molar-refractivity contribution in [3.8, 4) is 5.75 Å². The van der Waals surface area contributed by atoms with Crippen LogP contribution < -0.4 is 4.74 Å². The highest BCUT2D eigenvalue weighted by atomic mass is 19.2. The number of aromatic nitrogens is 1. The number of aliphatic hydroxyl groups is 1. The maximum Gasteiger partial charge on any atom is 0.159 e. The van der Waals surface area contributed by atoms with E-state index >= 15 is 0 Å². The van der Waals surface area contributed by atoms with Crippen molar-refractivity contribution in [1.29, 1.82) is 0 Å². The number of methoxy groups -OCH3 is 1. The highest BCUT2D eigenvalue weighted by molar-refractivity contribution is 5.38. The van der Waals surface area contributed by atoms with E-state index < -0.39 is 17.7 Å². The maximum atomic E-state index is 13.1. The molecule has 5 heteroatoms. The van der Waals surface area contributed by atoms with E-state index in [1.165, 1.54) is 25.6 Å². The molecule has 94 valence electrons. The molecule has 0 aliphatic heterocycles. The van der Waals surface area contributed by atoms with E-state index in [4.69, 9.17) is 4.74 Å². The number of ether oxygens (including phenoxy) is 1. The van der Waals surface area contributed by atoms with Crippen molar-refractivity contribution < 1.29 is 18.6 Å². The van der Waals surface area contributed by atoms with Crippen molar-refractivity contribution in [2.24, 2.45) is 0 Å². The molecule has 0 saturated carbocycles. The lowest BCUT2D eigenvalue weighted by atomic mass is 10.0. The van der Waals surface area contributed by atoms with Gasteiger partial charge in [0, 0.05) is 11.8 Å². The molecule has 1 aromatic heterocycles. The minimum Gasteiger partial charge on any atom is -0.495 e. The number of pyridine rings is 1. The number of nitrogens with zero attached hydrogens (tertiary/aromatic N) is 1. The Hall–Kier alpha value is -2.01. The Labute approximate surface area is 103 Å². The van der Waals surface area contributed by atoms with Gasteiger partial charge in [0.05, 0.1) is 13.3 Å². The molecule has 0 bridgehead atoms. The van der Waals surface area contributed by atoms with E-state index in [2.05, 4.69) is 4.98 Å². The third-order valence-corrected chi connectivity index (χ3v) is 2.59. The van der Waals surface area contributed by atoms with Crippen molar-refractivity contribution >= 4 is 0 Å². The highest BCUT2D eigenvalue weighted by Gasteiger charge is 2.16. The summed E-state index contributed by atoms with van der Waals surface area (Å²) < 4.78 is 31.0. The van der Waals surface area contributed by atoms with Crippen molar-refractivity contribution in [2.75, 3.05) is 7.11 Å². The summed E-state index contributed by atoms with van der Waals surface area (Å²) in [4.78, 5) is 3.85. The van der Waals surface area contributed by atoms with Crippen molar-refractivity contribution in [1.82, 2.24) is 4.98 Å². The van der Waals surface area contributed by atoms with Crippen LogP contribution in [0, 0.1) is 11.6 Å². The van der Waals surface area contributed by atoms with Gasteiger partial charge in [-0.2, -0.15) is 0 Å². The summed E-state index contributed by atoms with van der Waals surface area (Å²) in [7, 11) is 1.44. The predicted molar refractivity (Wildman–Crippen MR) is 61.2 cm³/mol. The topological polar surface area (TPSA) is 42.4 Å². The fourth-order valence-corrected chi connectivity index (χ4v) is 1.65. The molecule has 0 fully saturated rings. The molecule has 0 amide bonds. The monoisotopic (exact) mass is 251 g/mol. The average molecular weight is 251 g/mol. The summed E-state index contributed by atoms with van der Waals surface area (Å²) in [6.45, 7) is 0. The Morgan fingerprint density at radius 2 is 2.00 bits per heavy atom. The molecule has 1 unspecified atom stereocenters. The summed E-state index contributed by atoms with van der Waals surface area (Å²) in [5, 5.41) is 10.1. The van der Waals surface area contributed by atoms with E-state index in [1.807, 2.05) is 0 Å². The third kappa shape index (κ3) is 2.31. The largest absolute Gasteiger partial charge is 0.495 e. The molecule has 0 saturated heterocycles. The molecule has 2 aromatic rings. The maximum absolute atomic E-state index is 13.1. The second-order valence-electron chi connectivity index (χ2n) is 3.69. The first-order valence-electron chi connectivity index (χ1n) is 5.24. The van der Waals surface area contributed by atoms with Crippen LogP contribution >= 0.6 is 0 Å². The second-order valence-corrected chi connectivity index (χ2v) is 3.69. The van der Waals surface area contributed by atoms with Crippen LogP contribution in [0.5, 0.6) is 5.75 Å². The number of hydrogen-bond acceptors (Lipinski definition) is 3. The standard InChI is InChI=1S/C13H11F2NO2/c1-18-12-7-16-5-4-9(12)13(17)8-2-3-10(14)11(15)6-8/h2-7,13,17H,1H3. The molecule has 1 heterocycles. The Bertz CT molecular complexity index is 560. The molecule has 0 spiro atoms. The third-order valence-electron chi connectivity index (χ3n) is 2.59. The Kier molecular flexibility index (Phi) is 3.53. The number of benzene rings is 1. The lowest BCUT2D eigenvalue weighted by Gasteiger charge is -2.14. The van der Waals surface area contributed by atoms with Gasteiger partial charge in [-0.05, 0) is 23.8 Å². The Balaban J connectivity index is 2.41. The Morgan fingerprint density at radius 1 is 1.22 bits per heavy atom. The van der Waals surface area contributed by atoms with Gasteiger partial charge in [0.2, 0.25) is 0 Å². The molecular formula is C13H11F2NO2. The average Bonchev–Trinajstić information content (AvgIpc) is 2.41. The summed E-state index contributed by atoms with van der Waals surface area (Å²) in [5.74, 6) is -1.57. The zero-order valence-corrected chi connectivity index (χ0v) is 9.60. The Morgan fingerprint density at radius 3 is 2.67 bits per heavy atom. The van der Waals surface area contributed by atoms with E-state index in [-0.39, 0.29) is 5.56 Å². The summed E-state index contributed by atoms with van der Waals surface area (Å²) in [6.07, 6.45) is 1.83. The normalized spacial score (nSPS) is 12.2. The molecule has 1 atom stereocenters. The van der Waals surface area contributed by atoms with Gasteiger partial charge in [0.15, 0.2) is 11.6 Å². The quantitative estimate of drug-likeness (QED) is 0.911. The van der Waals surface area contributed by atoms with E-state index in [9.17, 15) is 13.9 Å². The number of halogens is 2. The number of rotatable bonds is 3. The van der Waals surface area contributed by atoms with Gasteiger partial charge in [-0.25, -0.2) is 8.78 Å². The first-order chi connectivity index (χ1) is 8.63. The van der Waals surface area contributed by atoms with Gasteiger partial charge in [-0.15, -0.1) is 0 Å². The molecule has 0 radical (unpaired) electrons. The zero-order valence-electron chi connectivity index (χ0n) is 9.60. The van der Waals surface area contributed by atoms with Crippen LogP contribution in [0.4, 0.5) is 8.78 Å². The number of aliphatic hydroxyl groups excluding tert-OH is 1. The van der Waals surface area contributed by atoms with Crippen molar-refractivity contribution in [3.05, 3.63) is 59.4 Å². The minimum absolute atomic E-state index is 0.249. The van der Waals surface area contributed by atoms with Crippen LogP contribution in [-0.4, -0.2) is 17.2 Å². The molecule has 1 aromatic carbocycles. The lowest BCUT2D eigenvalue weighted by Crippen LogP contribution is -2.03. The van der Waals surface area contributed by atoms with Crippen molar-refractivity contribution in [2.45, 2.75) is 6.10 Å². The van der Waals surface area contributed by atoms with Crippen molar-refractivity contribution in [3.63, 3.8) is 0 Å². The zero-order chi connectivity index (χ0) is 13.1. The SMILES string of the molecule is COc1cnccc1C(O)c1ccc(F)c(F)c1. The minimum atomic E-state index is -1.10. The van der Waals surface area contributed by atoms with E-state index in [0.717, 1.165) is 12.1 Å². The molecule has 2 rings (SSSR count). The molecule has 0 aliphatic rings. The van der Waals surface area contributed by atoms with Crippen LogP contribution in [0.1, 0.15) is 17.2 Å². The van der Waals surface area contributed by atoms with Gasteiger partial charge in [-0.1, -0.05) is 6.07 Å². The molecule has 1 N–H and O–H groups in total. The number of hydrogen-bond donors (Lipinski definition) is 1. The van der Waals surface area contributed by atoms with Crippen LogP contribution in [0.15, 0.2) is 36.7 Å². The van der Waals surface area contributed by atoms with Gasteiger partial charge in [0.25, 0.3) is 0 Å². The van der Waals surface area contributed by atoms with E-state index in [1.54, 1.807) is 6.07 Å². The fourth-order valence-electron chi connectivity index (χ4n) is 1.65. The summed E-state index contributed by atoms with van der Waals surface area (Å²) in [5.41, 5.74) is 0.692. The van der Waals surface area contributed by atoms with Gasteiger partial charge >= 0.3 is 0 Å². The second kappa shape index (κ2) is 5.10. The summed E-state index contributed by atoms with van der Waals surface area (Å²) >= 11 is 0.